The van der Waals surface area contributed by atoms with E-state index in [-0.39, 0.29) is 10.0 Å². The van der Waals surface area contributed by atoms with Crippen LogP contribution in [0.1, 0.15) is 15.9 Å². The van der Waals surface area contributed by atoms with Gasteiger partial charge in [-0.05, 0) is 24.3 Å². The number of H-pyrrole nitrogens is 1. The number of aromatic nitrogens is 1. The molecule has 0 spiro atoms. The van der Waals surface area contributed by atoms with Crippen molar-refractivity contribution in [2.45, 2.75) is 0 Å². The summed E-state index contributed by atoms with van der Waals surface area (Å²) in [5.41, 5.74) is 0.250. The van der Waals surface area contributed by atoms with E-state index in [9.17, 15) is 13.6 Å². The first-order valence-electron chi connectivity index (χ1n) is 5.93. The quantitative estimate of drug-likeness (QED) is 0.626. The van der Waals surface area contributed by atoms with E-state index in [1.54, 1.807) is 18.2 Å². The third-order valence-electron chi connectivity index (χ3n) is 3.12. The number of halogens is 4. The molecule has 2 nitrogen and oxygen atoms in total. The average molecular weight is 371 g/mol. The number of ketones is 1. The molecule has 0 amide bonds. The first-order chi connectivity index (χ1) is 9.97. The summed E-state index contributed by atoms with van der Waals surface area (Å²) in [5.74, 6) is -2.53. The van der Waals surface area contributed by atoms with Gasteiger partial charge in [0.1, 0.15) is 11.6 Å². The molecule has 2 aromatic carbocycles. The largest absolute Gasteiger partial charge is 0.360 e. The topological polar surface area (TPSA) is 32.9 Å². The molecule has 0 aliphatic heterocycles. The Hall–Kier alpha value is -1.72. The van der Waals surface area contributed by atoms with Crippen LogP contribution in [0.3, 0.4) is 0 Å². The van der Waals surface area contributed by atoms with Crippen molar-refractivity contribution >= 4 is 44.2 Å². The summed E-state index contributed by atoms with van der Waals surface area (Å²) in [6.45, 7) is 0. The number of benzene rings is 2. The Bertz CT molecular complexity index is 852. The summed E-state index contributed by atoms with van der Waals surface area (Å²) in [7, 11) is 0. The zero-order chi connectivity index (χ0) is 15.1. The lowest BCUT2D eigenvalue weighted by Crippen LogP contribution is -2.07. The van der Waals surface area contributed by atoms with E-state index in [0.29, 0.717) is 15.9 Å². The summed E-state index contributed by atoms with van der Waals surface area (Å²) in [4.78, 5) is 15.3. The third-order valence-corrected chi connectivity index (χ3v) is 3.82. The van der Waals surface area contributed by atoms with Gasteiger partial charge in [0.05, 0.1) is 5.56 Å². The maximum atomic E-state index is 13.9. The first-order valence-corrected chi connectivity index (χ1v) is 7.10. The number of hydrogen-bond acceptors (Lipinski definition) is 1. The van der Waals surface area contributed by atoms with Gasteiger partial charge < -0.3 is 4.98 Å². The molecule has 0 bridgehead atoms. The Balaban J connectivity index is 2.18. The second kappa shape index (κ2) is 5.24. The fourth-order valence-electron chi connectivity index (χ4n) is 2.18. The molecule has 1 aromatic heterocycles. The van der Waals surface area contributed by atoms with Gasteiger partial charge in [-0.1, -0.05) is 33.6 Å². The summed E-state index contributed by atoms with van der Waals surface area (Å²) >= 11 is 8.84. The lowest BCUT2D eigenvalue weighted by Gasteiger charge is -2.04. The normalized spacial score (nSPS) is 11.0. The van der Waals surface area contributed by atoms with Crippen molar-refractivity contribution in [1.29, 1.82) is 0 Å². The van der Waals surface area contributed by atoms with Crippen molar-refractivity contribution in [1.82, 2.24) is 4.98 Å². The molecule has 0 aliphatic rings. The average Bonchev–Trinajstić information content (AvgIpc) is 2.80. The maximum absolute atomic E-state index is 13.9. The predicted molar refractivity (Wildman–Crippen MR) is 80.8 cm³/mol. The standard InChI is InChI=1S/C15H7BrClF2NO/c16-7-3-11(18)14(12(19)4-7)15(21)10-6-20-13-5-8(17)1-2-9(10)13/h1-6,20H. The summed E-state index contributed by atoms with van der Waals surface area (Å²) in [6, 6.07) is 7.00. The van der Waals surface area contributed by atoms with Crippen LogP contribution in [0.5, 0.6) is 0 Å². The van der Waals surface area contributed by atoms with Crippen LogP contribution in [-0.4, -0.2) is 10.8 Å². The van der Waals surface area contributed by atoms with Gasteiger partial charge >= 0.3 is 0 Å². The Morgan fingerprint density at radius 1 is 1.14 bits per heavy atom. The molecule has 0 fully saturated rings. The molecular weight excluding hydrogens is 364 g/mol. The lowest BCUT2D eigenvalue weighted by molar-refractivity contribution is 0.103. The van der Waals surface area contributed by atoms with Crippen LogP contribution in [0.2, 0.25) is 5.02 Å². The van der Waals surface area contributed by atoms with Crippen LogP contribution >= 0.6 is 27.5 Å². The molecule has 106 valence electrons. The summed E-state index contributed by atoms with van der Waals surface area (Å²) in [6.07, 6.45) is 1.42. The molecule has 0 radical (unpaired) electrons. The van der Waals surface area contributed by atoms with Crippen LogP contribution < -0.4 is 0 Å². The highest BCUT2D eigenvalue weighted by molar-refractivity contribution is 9.10. The predicted octanol–water partition coefficient (Wildman–Crippen LogP) is 5.09. The smallest absolute Gasteiger partial charge is 0.201 e. The second-order valence-electron chi connectivity index (χ2n) is 4.47. The van der Waals surface area contributed by atoms with Crippen molar-refractivity contribution in [3.05, 3.63) is 68.8 Å². The van der Waals surface area contributed by atoms with Crippen LogP contribution in [0, 0.1) is 11.6 Å². The number of fused-ring (bicyclic) bond motifs is 1. The minimum absolute atomic E-state index is 0.196. The SMILES string of the molecule is O=C(c1c(F)cc(Br)cc1F)c1c[nH]c2cc(Cl)ccc12. The Labute approximate surface area is 131 Å². The molecule has 0 saturated heterocycles. The van der Waals surface area contributed by atoms with Crippen LogP contribution in [0.15, 0.2) is 41.0 Å². The van der Waals surface area contributed by atoms with Gasteiger partial charge in [-0.25, -0.2) is 8.78 Å². The highest BCUT2D eigenvalue weighted by Crippen LogP contribution is 2.27. The number of carbonyl (C=O) groups is 1. The molecule has 3 rings (SSSR count). The van der Waals surface area contributed by atoms with Gasteiger partial charge in [0.25, 0.3) is 0 Å². The van der Waals surface area contributed by atoms with E-state index in [0.717, 1.165) is 12.1 Å². The van der Waals surface area contributed by atoms with Crippen LogP contribution in [0.4, 0.5) is 8.78 Å². The van der Waals surface area contributed by atoms with E-state index in [1.165, 1.54) is 6.20 Å². The lowest BCUT2D eigenvalue weighted by atomic mass is 10.0. The van der Waals surface area contributed by atoms with Gasteiger partial charge in [0, 0.05) is 32.2 Å². The molecule has 0 saturated carbocycles. The van der Waals surface area contributed by atoms with E-state index < -0.39 is 23.0 Å². The van der Waals surface area contributed by atoms with Crippen molar-refractivity contribution < 1.29 is 13.6 Å². The molecule has 3 aromatic rings. The maximum Gasteiger partial charge on any atom is 0.201 e. The molecule has 6 heteroatoms. The van der Waals surface area contributed by atoms with E-state index in [1.807, 2.05) is 0 Å². The summed E-state index contributed by atoms with van der Waals surface area (Å²) in [5, 5.41) is 1.07. The number of hydrogen-bond donors (Lipinski definition) is 1. The summed E-state index contributed by atoms with van der Waals surface area (Å²) < 4.78 is 28.0. The first kappa shape index (κ1) is 14.2. The van der Waals surface area contributed by atoms with Gasteiger partial charge in [-0.15, -0.1) is 0 Å². The molecule has 0 unspecified atom stereocenters. The second-order valence-corrected chi connectivity index (χ2v) is 5.82. The molecule has 1 N–H and O–H groups in total. The fraction of sp³-hybridized carbons (Fsp3) is 0. The zero-order valence-corrected chi connectivity index (χ0v) is 12.7. The Kier molecular flexibility index (Phi) is 3.55. The van der Waals surface area contributed by atoms with Crippen molar-refractivity contribution in [2.24, 2.45) is 0 Å². The van der Waals surface area contributed by atoms with Crippen molar-refractivity contribution in [2.75, 3.05) is 0 Å². The van der Waals surface area contributed by atoms with Crippen LogP contribution in [0.25, 0.3) is 10.9 Å². The van der Waals surface area contributed by atoms with Crippen molar-refractivity contribution in [3.8, 4) is 0 Å². The number of rotatable bonds is 2. The fourth-order valence-corrected chi connectivity index (χ4v) is 2.75. The zero-order valence-electron chi connectivity index (χ0n) is 10.4. The minimum Gasteiger partial charge on any atom is -0.360 e. The van der Waals surface area contributed by atoms with Crippen molar-refractivity contribution in [3.63, 3.8) is 0 Å². The monoisotopic (exact) mass is 369 g/mol. The Morgan fingerprint density at radius 2 is 1.81 bits per heavy atom. The molecule has 0 aliphatic carbocycles. The van der Waals surface area contributed by atoms with Crippen LogP contribution in [-0.2, 0) is 0 Å². The van der Waals surface area contributed by atoms with Gasteiger partial charge in [-0.2, -0.15) is 0 Å². The molecule has 1 heterocycles. The van der Waals surface area contributed by atoms with E-state index >= 15 is 0 Å². The minimum atomic E-state index is -0.907. The molecule has 21 heavy (non-hydrogen) atoms. The highest BCUT2D eigenvalue weighted by atomic mass is 79.9. The Morgan fingerprint density at radius 3 is 2.48 bits per heavy atom. The van der Waals surface area contributed by atoms with Gasteiger partial charge in [0.2, 0.25) is 5.78 Å². The van der Waals surface area contributed by atoms with E-state index in [2.05, 4.69) is 20.9 Å². The van der Waals surface area contributed by atoms with E-state index in [4.69, 9.17) is 11.6 Å². The number of carbonyl (C=O) groups excluding carboxylic acids is 1. The highest BCUT2D eigenvalue weighted by Gasteiger charge is 2.22. The van der Waals surface area contributed by atoms with Gasteiger partial charge in [-0.3, -0.25) is 4.79 Å². The van der Waals surface area contributed by atoms with Gasteiger partial charge in [0.15, 0.2) is 0 Å². The molecule has 0 atom stereocenters. The number of nitrogens with one attached hydrogen (secondary N) is 1. The third kappa shape index (κ3) is 2.47. The number of aromatic amines is 1. The molecular formula is C15H7BrClF2NO.